The zero-order valence-electron chi connectivity index (χ0n) is 18.7. The molecule has 0 spiro atoms. The van der Waals surface area contributed by atoms with Crippen LogP contribution >= 0.6 is 0 Å². The van der Waals surface area contributed by atoms with Gasteiger partial charge in [0, 0.05) is 25.7 Å². The Morgan fingerprint density at radius 3 is 2.24 bits per heavy atom. The number of benzene rings is 2. The van der Waals surface area contributed by atoms with Crippen molar-refractivity contribution in [3.63, 3.8) is 0 Å². The van der Waals surface area contributed by atoms with Crippen molar-refractivity contribution < 1.29 is 29.0 Å². The fourth-order valence-electron chi connectivity index (χ4n) is 3.92. The average Bonchev–Trinajstić information content (AvgIpc) is 3.13. The van der Waals surface area contributed by atoms with Crippen molar-refractivity contribution in [3.05, 3.63) is 59.7 Å². The molecule has 2 amide bonds. The number of hydrogen-bond donors (Lipinski definition) is 3. The maximum atomic E-state index is 12.4. The summed E-state index contributed by atoms with van der Waals surface area (Å²) in [4.78, 5) is 36.0. The van der Waals surface area contributed by atoms with Gasteiger partial charge in [0.1, 0.15) is 12.6 Å². The van der Waals surface area contributed by atoms with Crippen LogP contribution in [0.4, 0.5) is 4.79 Å². The van der Waals surface area contributed by atoms with E-state index in [9.17, 15) is 14.4 Å². The Balaban J connectivity index is 1.55. The highest BCUT2D eigenvalue weighted by molar-refractivity contribution is 5.89. The molecule has 0 saturated heterocycles. The van der Waals surface area contributed by atoms with Gasteiger partial charge in [0.2, 0.25) is 5.91 Å². The number of carbonyl (C=O) groups is 3. The molecule has 8 heteroatoms. The minimum Gasteiger partial charge on any atom is -0.481 e. The Bertz CT molecular complexity index is 931. The van der Waals surface area contributed by atoms with Crippen molar-refractivity contribution in [2.75, 3.05) is 26.4 Å². The summed E-state index contributed by atoms with van der Waals surface area (Å²) in [6.07, 6.45) is 0.139. The van der Waals surface area contributed by atoms with Crippen molar-refractivity contribution in [2.45, 2.75) is 38.1 Å². The van der Waals surface area contributed by atoms with Crippen molar-refractivity contribution in [1.29, 1.82) is 0 Å². The molecule has 0 bridgehead atoms. The first-order valence-corrected chi connectivity index (χ1v) is 11.2. The van der Waals surface area contributed by atoms with Gasteiger partial charge in [-0.2, -0.15) is 0 Å². The Morgan fingerprint density at radius 1 is 1.00 bits per heavy atom. The van der Waals surface area contributed by atoms with Crippen LogP contribution in [-0.4, -0.2) is 55.5 Å². The minimum absolute atomic E-state index is 0.0794. The molecule has 1 aliphatic carbocycles. The first kappa shape index (κ1) is 24.3. The molecule has 0 aromatic heterocycles. The third kappa shape index (κ3) is 6.55. The van der Waals surface area contributed by atoms with Crippen molar-refractivity contribution in [3.8, 4) is 11.1 Å². The third-order valence-electron chi connectivity index (χ3n) is 5.44. The second-order valence-corrected chi connectivity index (χ2v) is 7.88. The third-order valence-corrected chi connectivity index (χ3v) is 5.44. The molecule has 3 N–H and O–H groups in total. The fourth-order valence-corrected chi connectivity index (χ4v) is 3.92. The fraction of sp³-hybridized carbons (Fsp3) is 0.400. The number of rotatable bonds is 12. The molecule has 0 fully saturated rings. The molecule has 3 rings (SSSR count). The zero-order valence-corrected chi connectivity index (χ0v) is 18.7. The van der Waals surface area contributed by atoms with E-state index in [1.807, 2.05) is 55.5 Å². The summed E-state index contributed by atoms with van der Waals surface area (Å²) in [6, 6.07) is 14.7. The molecule has 0 saturated carbocycles. The minimum atomic E-state index is -1.23. The molecule has 0 heterocycles. The van der Waals surface area contributed by atoms with Crippen LogP contribution < -0.4 is 10.6 Å². The van der Waals surface area contributed by atoms with Crippen LogP contribution in [0, 0.1) is 0 Å². The molecule has 8 nitrogen and oxygen atoms in total. The summed E-state index contributed by atoms with van der Waals surface area (Å²) in [6.45, 7) is 3.56. The average molecular weight is 455 g/mol. The Hall–Kier alpha value is -3.39. The van der Waals surface area contributed by atoms with E-state index in [0.717, 1.165) is 28.7 Å². The summed E-state index contributed by atoms with van der Waals surface area (Å²) in [7, 11) is 0. The van der Waals surface area contributed by atoms with Crippen LogP contribution in [-0.2, 0) is 19.1 Å². The van der Waals surface area contributed by atoms with Gasteiger partial charge in [-0.1, -0.05) is 55.5 Å². The van der Waals surface area contributed by atoms with Crippen molar-refractivity contribution in [2.24, 2.45) is 0 Å². The van der Waals surface area contributed by atoms with Gasteiger partial charge in [-0.25, -0.2) is 4.79 Å². The SMILES string of the molecule is CCCOCCCNC(=O)C(CC(=O)O)NC(=O)OCC1c2ccccc2-c2ccccc21. The van der Waals surface area contributed by atoms with Gasteiger partial charge in [0.05, 0.1) is 6.42 Å². The van der Waals surface area contributed by atoms with E-state index in [0.29, 0.717) is 26.2 Å². The summed E-state index contributed by atoms with van der Waals surface area (Å²) >= 11 is 0. The van der Waals surface area contributed by atoms with Crippen LogP contribution in [0.15, 0.2) is 48.5 Å². The molecule has 1 atom stereocenters. The maximum Gasteiger partial charge on any atom is 0.407 e. The first-order valence-electron chi connectivity index (χ1n) is 11.2. The normalized spacial score (nSPS) is 13.0. The molecule has 2 aromatic rings. The Morgan fingerprint density at radius 2 is 1.64 bits per heavy atom. The number of ether oxygens (including phenoxy) is 2. The number of aliphatic carboxylic acids is 1. The second-order valence-electron chi connectivity index (χ2n) is 7.88. The summed E-state index contributed by atoms with van der Waals surface area (Å²) in [5.74, 6) is -1.89. The molecule has 2 aromatic carbocycles. The molecule has 1 aliphatic rings. The molecular formula is C25H30N2O6. The van der Waals surface area contributed by atoms with Gasteiger partial charge >= 0.3 is 12.1 Å². The van der Waals surface area contributed by atoms with Crippen LogP contribution in [0.25, 0.3) is 11.1 Å². The second kappa shape index (κ2) is 12.0. The monoisotopic (exact) mass is 454 g/mol. The number of fused-ring (bicyclic) bond motifs is 3. The smallest absolute Gasteiger partial charge is 0.407 e. The number of amides is 2. The highest BCUT2D eigenvalue weighted by Crippen LogP contribution is 2.44. The van der Waals surface area contributed by atoms with Crippen molar-refractivity contribution >= 4 is 18.0 Å². The number of alkyl carbamates (subject to hydrolysis) is 1. The number of carbonyl (C=O) groups excluding carboxylic acids is 2. The molecule has 176 valence electrons. The molecule has 1 unspecified atom stereocenters. The largest absolute Gasteiger partial charge is 0.481 e. The quantitative estimate of drug-likeness (QED) is 0.424. The Kier molecular flexibility index (Phi) is 8.83. The topological polar surface area (TPSA) is 114 Å². The molecular weight excluding hydrogens is 424 g/mol. The first-order chi connectivity index (χ1) is 16.0. The van der Waals surface area contributed by atoms with Gasteiger partial charge < -0.3 is 25.2 Å². The van der Waals surface area contributed by atoms with E-state index in [4.69, 9.17) is 14.6 Å². The maximum absolute atomic E-state index is 12.4. The van der Waals surface area contributed by atoms with E-state index in [1.165, 1.54) is 0 Å². The van der Waals surface area contributed by atoms with Gasteiger partial charge in [-0.05, 0) is 35.1 Å². The highest BCUT2D eigenvalue weighted by atomic mass is 16.5. The van der Waals surface area contributed by atoms with E-state index in [1.54, 1.807) is 0 Å². The van der Waals surface area contributed by atoms with E-state index < -0.39 is 30.4 Å². The van der Waals surface area contributed by atoms with E-state index in [-0.39, 0.29) is 12.5 Å². The summed E-state index contributed by atoms with van der Waals surface area (Å²) in [5.41, 5.74) is 4.34. The number of nitrogens with one attached hydrogen (secondary N) is 2. The number of carboxylic acids is 1. The molecule has 33 heavy (non-hydrogen) atoms. The van der Waals surface area contributed by atoms with Gasteiger partial charge in [0.15, 0.2) is 0 Å². The lowest BCUT2D eigenvalue weighted by Gasteiger charge is -2.18. The van der Waals surface area contributed by atoms with Crippen LogP contribution in [0.1, 0.15) is 43.2 Å². The molecule has 0 aliphatic heterocycles. The van der Waals surface area contributed by atoms with E-state index >= 15 is 0 Å². The van der Waals surface area contributed by atoms with Crippen LogP contribution in [0.5, 0.6) is 0 Å². The molecule has 0 radical (unpaired) electrons. The van der Waals surface area contributed by atoms with Crippen LogP contribution in [0.2, 0.25) is 0 Å². The predicted octanol–water partition coefficient (Wildman–Crippen LogP) is 3.30. The standard InChI is InChI=1S/C25H30N2O6/c1-2-13-32-14-7-12-26-24(30)22(15-23(28)29)27-25(31)33-16-21-19-10-5-3-8-17(19)18-9-4-6-11-20(18)21/h3-6,8-11,21-22H,2,7,12-16H2,1H3,(H,26,30)(H,27,31)(H,28,29). The summed E-state index contributed by atoms with van der Waals surface area (Å²) in [5, 5.41) is 14.2. The number of hydrogen-bond acceptors (Lipinski definition) is 5. The van der Waals surface area contributed by atoms with Gasteiger partial charge in [-0.3, -0.25) is 9.59 Å². The van der Waals surface area contributed by atoms with Crippen LogP contribution in [0.3, 0.4) is 0 Å². The lowest BCUT2D eigenvalue weighted by atomic mass is 9.98. The van der Waals surface area contributed by atoms with Gasteiger partial charge in [0.25, 0.3) is 0 Å². The van der Waals surface area contributed by atoms with Crippen molar-refractivity contribution in [1.82, 2.24) is 10.6 Å². The Labute approximate surface area is 193 Å². The predicted molar refractivity (Wildman–Crippen MR) is 123 cm³/mol. The lowest BCUT2D eigenvalue weighted by Crippen LogP contribution is -2.48. The highest BCUT2D eigenvalue weighted by Gasteiger charge is 2.30. The van der Waals surface area contributed by atoms with Gasteiger partial charge in [-0.15, -0.1) is 0 Å². The summed E-state index contributed by atoms with van der Waals surface area (Å²) < 4.78 is 10.8. The lowest BCUT2D eigenvalue weighted by molar-refractivity contribution is -0.139. The van der Waals surface area contributed by atoms with E-state index in [2.05, 4.69) is 10.6 Å². The zero-order chi connectivity index (χ0) is 23.6. The number of carboxylic acid groups (broad SMARTS) is 1.